The molecule has 1 aromatic heterocycles. The Hall–Kier alpha value is -1.84. The predicted octanol–water partition coefficient (Wildman–Crippen LogP) is 6.21. The zero-order valence-electron chi connectivity index (χ0n) is 22.6. The number of nitrogens with zero attached hydrogens (tertiary/aromatic N) is 4. The molecule has 1 saturated carbocycles. The first-order valence-electron chi connectivity index (χ1n) is 14.0. The number of rotatable bonds is 13. The molecule has 0 amide bonds. The van der Waals surface area contributed by atoms with E-state index in [0.717, 1.165) is 81.4 Å². The van der Waals surface area contributed by atoms with Crippen molar-refractivity contribution in [3.63, 3.8) is 0 Å². The van der Waals surface area contributed by atoms with Crippen molar-refractivity contribution in [2.75, 3.05) is 53.0 Å². The number of halogens is 3. The number of carbonyl (C=O) groups excluding carboxylic acids is 1. The smallest absolute Gasteiger partial charge is 0.188 e. The Kier molecular flexibility index (Phi) is 9.72. The lowest BCUT2D eigenvalue weighted by Gasteiger charge is -2.32. The number of unbranched alkanes of at least 4 members (excludes halogenated alkanes) is 2. The summed E-state index contributed by atoms with van der Waals surface area (Å²) in [5, 5.41) is 0.523. The number of aryl methyl sites for hydroxylation is 1. The summed E-state index contributed by atoms with van der Waals surface area (Å²) in [5.74, 6) is -0.110. The number of imidazole rings is 1. The molecule has 0 N–H and O–H groups in total. The Morgan fingerprint density at radius 3 is 2.64 bits per heavy atom. The number of fused-ring (bicyclic) bond motifs is 1. The Morgan fingerprint density at radius 1 is 1.13 bits per heavy atom. The molecular formula is C30H37BrClFN4O2. The van der Waals surface area contributed by atoms with E-state index in [2.05, 4.69) is 37.8 Å². The summed E-state index contributed by atoms with van der Waals surface area (Å²) in [6, 6.07) is 7.32. The molecule has 6 nitrogen and oxygen atoms in total. The molecule has 210 valence electrons. The SMILES string of the molecule is CN1CCN(CCCCCn2cnc3c(F)c(Cc4ccc(Br)cc4Cl)c(C(=O)COCC4CC4)cc32)CC1. The van der Waals surface area contributed by atoms with Gasteiger partial charge in [-0.2, -0.15) is 0 Å². The number of ether oxygens (including phenoxy) is 1. The second-order valence-corrected chi connectivity index (χ2v) is 12.3. The number of hydrogen-bond acceptors (Lipinski definition) is 5. The fourth-order valence-electron chi connectivity index (χ4n) is 5.20. The van der Waals surface area contributed by atoms with Crippen LogP contribution in [0.15, 0.2) is 35.1 Å². The van der Waals surface area contributed by atoms with Crippen LogP contribution in [0.5, 0.6) is 0 Å². The highest BCUT2D eigenvalue weighted by Crippen LogP contribution is 2.31. The highest BCUT2D eigenvalue weighted by Gasteiger charge is 2.25. The van der Waals surface area contributed by atoms with Crippen molar-refractivity contribution in [1.82, 2.24) is 19.4 Å². The first-order valence-corrected chi connectivity index (χ1v) is 15.2. The van der Waals surface area contributed by atoms with Crippen molar-refractivity contribution < 1.29 is 13.9 Å². The van der Waals surface area contributed by atoms with Gasteiger partial charge in [0.15, 0.2) is 11.6 Å². The van der Waals surface area contributed by atoms with Crippen molar-refractivity contribution in [3.05, 3.63) is 62.6 Å². The van der Waals surface area contributed by atoms with Crippen LogP contribution in [0, 0.1) is 11.7 Å². The number of likely N-dealkylation sites (N-methyl/N-ethyl adjacent to an activating group) is 1. The van der Waals surface area contributed by atoms with Crippen LogP contribution in [-0.4, -0.2) is 78.1 Å². The summed E-state index contributed by atoms with van der Waals surface area (Å²) < 4.78 is 24.5. The Bertz CT molecular complexity index is 1300. The van der Waals surface area contributed by atoms with Crippen LogP contribution in [0.3, 0.4) is 0 Å². The first-order chi connectivity index (χ1) is 18.9. The minimum Gasteiger partial charge on any atom is -0.373 e. The van der Waals surface area contributed by atoms with Crippen LogP contribution in [0.2, 0.25) is 5.02 Å². The average Bonchev–Trinajstić information content (AvgIpc) is 3.65. The lowest BCUT2D eigenvalue weighted by atomic mass is 9.95. The average molecular weight is 620 g/mol. The minimum atomic E-state index is -0.453. The number of carbonyl (C=O) groups is 1. The molecule has 2 aliphatic rings. The van der Waals surface area contributed by atoms with Gasteiger partial charge < -0.3 is 19.1 Å². The zero-order chi connectivity index (χ0) is 27.4. The van der Waals surface area contributed by atoms with Gasteiger partial charge in [-0.1, -0.05) is 40.0 Å². The van der Waals surface area contributed by atoms with Crippen molar-refractivity contribution in [1.29, 1.82) is 0 Å². The second kappa shape index (κ2) is 13.2. The number of Topliss-reactive ketones (excluding diaryl/α,β-unsaturated/α-hetero) is 1. The molecule has 1 aliphatic heterocycles. The van der Waals surface area contributed by atoms with Crippen LogP contribution in [0.1, 0.15) is 53.6 Å². The third kappa shape index (κ3) is 7.47. The Morgan fingerprint density at radius 2 is 1.90 bits per heavy atom. The van der Waals surface area contributed by atoms with E-state index in [1.165, 1.54) is 0 Å². The van der Waals surface area contributed by atoms with Gasteiger partial charge in [0, 0.05) is 59.8 Å². The van der Waals surface area contributed by atoms with Crippen LogP contribution < -0.4 is 0 Å². The third-order valence-corrected chi connectivity index (χ3v) is 8.74. The molecule has 5 rings (SSSR count). The molecule has 2 aromatic carbocycles. The van der Waals surface area contributed by atoms with E-state index in [9.17, 15) is 4.79 Å². The van der Waals surface area contributed by atoms with Crippen molar-refractivity contribution in [3.8, 4) is 0 Å². The van der Waals surface area contributed by atoms with Gasteiger partial charge in [-0.15, -0.1) is 0 Å². The monoisotopic (exact) mass is 618 g/mol. The first kappa shape index (κ1) is 28.7. The molecule has 0 spiro atoms. The highest BCUT2D eigenvalue weighted by atomic mass is 79.9. The van der Waals surface area contributed by atoms with Crippen LogP contribution in [-0.2, 0) is 17.7 Å². The van der Waals surface area contributed by atoms with E-state index < -0.39 is 5.82 Å². The quantitative estimate of drug-likeness (QED) is 0.168. The predicted molar refractivity (Wildman–Crippen MR) is 157 cm³/mol. The Balaban J connectivity index is 1.31. The van der Waals surface area contributed by atoms with Crippen LogP contribution in [0.25, 0.3) is 11.0 Å². The van der Waals surface area contributed by atoms with E-state index in [-0.39, 0.29) is 18.8 Å². The fourth-order valence-corrected chi connectivity index (χ4v) is 5.94. The molecule has 9 heteroatoms. The fraction of sp³-hybridized carbons (Fsp3) is 0.533. The van der Waals surface area contributed by atoms with Gasteiger partial charge in [0.25, 0.3) is 0 Å². The second-order valence-electron chi connectivity index (χ2n) is 11.0. The summed E-state index contributed by atoms with van der Waals surface area (Å²) in [5.41, 5.74) is 2.38. The molecule has 0 unspecified atom stereocenters. The molecule has 1 aliphatic carbocycles. The van der Waals surface area contributed by atoms with Gasteiger partial charge >= 0.3 is 0 Å². The molecule has 39 heavy (non-hydrogen) atoms. The normalized spacial score (nSPS) is 16.8. The summed E-state index contributed by atoms with van der Waals surface area (Å²) in [7, 11) is 2.18. The van der Waals surface area contributed by atoms with Crippen molar-refractivity contribution >= 4 is 44.3 Å². The van der Waals surface area contributed by atoms with E-state index in [4.69, 9.17) is 16.3 Å². The Labute approximate surface area is 243 Å². The van der Waals surface area contributed by atoms with Crippen molar-refractivity contribution in [2.24, 2.45) is 5.92 Å². The highest BCUT2D eigenvalue weighted by molar-refractivity contribution is 9.10. The topological polar surface area (TPSA) is 50.6 Å². The third-order valence-electron chi connectivity index (χ3n) is 7.89. The molecular weight excluding hydrogens is 583 g/mol. The van der Waals surface area contributed by atoms with Gasteiger partial charge in [0.2, 0.25) is 0 Å². The van der Waals surface area contributed by atoms with Crippen molar-refractivity contribution in [2.45, 2.75) is 45.1 Å². The van der Waals surface area contributed by atoms with E-state index in [1.807, 2.05) is 16.7 Å². The maximum Gasteiger partial charge on any atom is 0.188 e. The zero-order valence-corrected chi connectivity index (χ0v) is 24.9. The summed E-state index contributed by atoms with van der Waals surface area (Å²) in [6.07, 6.45) is 7.41. The molecule has 0 bridgehead atoms. The minimum absolute atomic E-state index is 0.0526. The molecule has 0 atom stereocenters. The summed E-state index contributed by atoms with van der Waals surface area (Å²) in [6.45, 7) is 6.93. The van der Waals surface area contributed by atoms with Crippen LogP contribution >= 0.6 is 27.5 Å². The van der Waals surface area contributed by atoms with Gasteiger partial charge in [-0.3, -0.25) is 4.79 Å². The lowest BCUT2D eigenvalue weighted by Crippen LogP contribution is -2.44. The number of ketones is 1. The standard InChI is InChI=1S/C30H37BrClFN4O2/c1-35-11-13-36(14-12-35)9-3-2-4-10-37-20-34-30-27(37)17-24(28(38)19-39-18-21-5-6-21)25(29(30)33)15-22-7-8-23(31)16-26(22)32/h7-8,16-17,20-21H,2-6,9-15,18-19H2,1H3. The molecule has 1 saturated heterocycles. The van der Waals surface area contributed by atoms with E-state index >= 15 is 4.39 Å². The number of benzene rings is 2. The van der Waals surface area contributed by atoms with Gasteiger partial charge in [-0.05, 0) is 69.0 Å². The number of hydrogen-bond donors (Lipinski definition) is 0. The molecule has 0 radical (unpaired) electrons. The summed E-state index contributed by atoms with van der Waals surface area (Å²) in [4.78, 5) is 22.7. The number of piperazine rings is 1. The molecule has 3 aromatic rings. The van der Waals surface area contributed by atoms with E-state index in [0.29, 0.717) is 39.7 Å². The largest absolute Gasteiger partial charge is 0.373 e. The summed E-state index contributed by atoms with van der Waals surface area (Å²) >= 11 is 9.88. The molecule has 2 fully saturated rings. The number of aromatic nitrogens is 2. The van der Waals surface area contributed by atoms with Gasteiger partial charge in [0.1, 0.15) is 12.1 Å². The maximum absolute atomic E-state index is 16.0. The maximum atomic E-state index is 16.0. The van der Waals surface area contributed by atoms with Gasteiger partial charge in [-0.25, -0.2) is 9.37 Å². The molecule has 2 heterocycles. The van der Waals surface area contributed by atoms with Crippen LogP contribution in [0.4, 0.5) is 4.39 Å². The van der Waals surface area contributed by atoms with E-state index in [1.54, 1.807) is 18.5 Å². The lowest BCUT2D eigenvalue weighted by molar-refractivity contribution is 0.0738. The van der Waals surface area contributed by atoms with Gasteiger partial charge in [0.05, 0.1) is 18.5 Å².